The largest absolute Gasteiger partial charge is 0.326 e. The summed E-state index contributed by atoms with van der Waals surface area (Å²) in [5.41, 5.74) is 2.13. The van der Waals surface area contributed by atoms with Gasteiger partial charge in [-0.2, -0.15) is 0 Å². The Morgan fingerprint density at radius 1 is 0.967 bits per heavy atom. The van der Waals surface area contributed by atoms with Crippen LogP contribution < -0.4 is 10.2 Å². The molecule has 0 unspecified atom stereocenters. The number of benzene rings is 2. The number of amides is 2. The number of hydrogen-bond donors (Lipinski definition) is 1. The van der Waals surface area contributed by atoms with Crippen LogP contribution >= 0.6 is 0 Å². The van der Waals surface area contributed by atoms with E-state index in [-0.39, 0.29) is 11.1 Å². The Hall–Kier alpha value is -2.43. The van der Waals surface area contributed by atoms with Gasteiger partial charge in [-0.15, -0.1) is 0 Å². The number of carbonyl (C=O) groups is 1. The average molecular weight is 417 g/mol. The Kier molecular flexibility index (Phi) is 8.82. The van der Waals surface area contributed by atoms with Gasteiger partial charge in [0.1, 0.15) is 11.6 Å². The van der Waals surface area contributed by atoms with Gasteiger partial charge in [-0.1, -0.05) is 65.5 Å². The van der Waals surface area contributed by atoms with E-state index in [0.29, 0.717) is 6.54 Å². The Labute approximate surface area is 179 Å². The van der Waals surface area contributed by atoms with Gasteiger partial charge >= 0.3 is 6.03 Å². The molecule has 1 N–H and O–H groups in total. The van der Waals surface area contributed by atoms with Crippen molar-refractivity contribution in [3.63, 3.8) is 0 Å². The summed E-state index contributed by atoms with van der Waals surface area (Å²) >= 11 is 0. The van der Waals surface area contributed by atoms with Gasteiger partial charge in [0.15, 0.2) is 0 Å². The van der Waals surface area contributed by atoms with E-state index in [4.69, 9.17) is 0 Å². The fourth-order valence-corrected chi connectivity index (χ4v) is 3.40. The van der Waals surface area contributed by atoms with E-state index in [9.17, 15) is 13.6 Å². The molecule has 30 heavy (non-hydrogen) atoms. The number of halogens is 2. The highest BCUT2D eigenvalue weighted by Crippen LogP contribution is 2.24. The number of urea groups is 1. The summed E-state index contributed by atoms with van der Waals surface area (Å²) in [6.07, 6.45) is 6.30. The van der Waals surface area contributed by atoms with E-state index in [2.05, 4.69) is 33.0 Å². The summed E-state index contributed by atoms with van der Waals surface area (Å²) < 4.78 is 27.2. The molecule has 0 heterocycles. The quantitative estimate of drug-likeness (QED) is 0.420. The molecule has 5 heteroatoms. The molecule has 0 aliphatic carbocycles. The summed E-state index contributed by atoms with van der Waals surface area (Å²) in [4.78, 5) is 14.6. The van der Waals surface area contributed by atoms with Crippen molar-refractivity contribution < 1.29 is 13.6 Å². The normalized spacial score (nSPS) is 11.4. The first-order valence-electron chi connectivity index (χ1n) is 10.8. The number of hydrogen-bond acceptors (Lipinski definition) is 1. The molecule has 0 aromatic heterocycles. The van der Waals surface area contributed by atoms with E-state index < -0.39 is 17.7 Å². The summed E-state index contributed by atoms with van der Waals surface area (Å²) in [5, 5.41) is 2.59. The monoisotopic (exact) mass is 416 g/mol. The zero-order chi connectivity index (χ0) is 22.1. The number of nitrogens with zero attached hydrogens (tertiary/aromatic N) is 1. The smallest absolute Gasteiger partial charge is 0.305 e. The number of nitrogens with one attached hydrogen (secondary N) is 1. The highest BCUT2D eigenvalue weighted by molar-refractivity contribution is 6.01. The highest BCUT2D eigenvalue weighted by atomic mass is 19.1. The van der Waals surface area contributed by atoms with Crippen molar-refractivity contribution in [2.75, 3.05) is 16.8 Å². The predicted octanol–water partition coefficient (Wildman–Crippen LogP) is 7.56. The summed E-state index contributed by atoms with van der Waals surface area (Å²) in [6, 6.07) is 10.7. The Balaban J connectivity index is 2.15. The molecule has 0 fully saturated rings. The molecule has 0 radical (unpaired) electrons. The molecular formula is C25H34F2N2O. The maximum atomic E-state index is 14.0. The first-order valence-corrected chi connectivity index (χ1v) is 10.8. The van der Waals surface area contributed by atoms with Crippen LogP contribution in [0.4, 0.5) is 25.0 Å². The van der Waals surface area contributed by atoms with Gasteiger partial charge in [0.05, 0.1) is 5.69 Å². The van der Waals surface area contributed by atoms with Crippen molar-refractivity contribution in [1.29, 1.82) is 0 Å². The van der Waals surface area contributed by atoms with Gasteiger partial charge < -0.3 is 5.32 Å². The van der Waals surface area contributed by atoms with Gasteiger partial charge in [-0.3, -0.25) is 4.90 Å². The second-order valence-electron chi connectivity index (χ2n) is 9.02. The van der Waals surface area contributed by atoms with E-state index in [1.807, 2.05) is 24.3 Å². The van der Waals surface area contributed by atoms with Crippen LogP contribution in [0, 0.1) is 17.0 Å². The van der Waals surface area contributed by atoms with Crippen molar-refractivity contribution in [2.45, 2.75) is 66.2 Å². The van der Waals surface area contributed by atoms with Crippen LogP contribution in [0.2, 0.25) is 0 Å². The minimum absolute atomic E-state index is 0.0262. The van der Waals surface area contributed by atoms with Crippen LogP contribution in [0.3, 0.4) is 0 Å². The molecular weight excluding hydrogens is 382 g/mol. The molecule has 0 saturated carbocycles. The van der Waals surface area contributed by atoms with Crippen molar-refractivity contribution >= 4 is 17.4 Å². The number of rotatable bonds is 9. The van der Waals surface area contributed by atoms with Crippen molar-refractivity contribution in [2.24, 2.45) is 5.41 Å². The lowest BCUT2D eigenvalue weighted by Gasteiger charge is -2.24. The number of unbranched alkanes of at least 4 members (excludes halogenated alkanes) is 4. The van der Waals surface area contributed by atoms with Gasteiger partial charge in [-0.25, -0.2) is 13.6 Å². The lowest BCUT2D eigenvalue weighted by atomic mass is 9.88. The third-order valence-electron chi connectivity index (χ3n) is 4.89. The topological polar surface area (TPSA) is 32.3 Å². The molecule has 0 aliphatic heterocycles. The fraction of sp³-hybridized carbons (Fsp3) is 0.480. The molecule has 2 aromatic rings. The Morgan fingerprint density at radius 3 is 2.23 bits per heavy atom. The minimum Gasteiger partial charge on any atom is -0.305 e. The van der Waals surface area contributed by atoms with Crippen LogP contribution in [0.5, 0.6) is 0 Å². The maximum absolute atomic E-state index is 14.0. The SMILES string of the molecule is CCCCCCCN(C(=O)Nc1ccc(F)cc1F)c1ccc(CC(C)(C)C)cc1. The van der Waals surface area contributed by atoms with E-state index in [1.54, 1.807) is 4.90 Å². The predicted molar refractivity (Wildman–Crippen MR) is 121 cm³/mol. The number of anilines is 2. The maximum Gasteiger partial charge on any atom is 0.326 e. The molecule has 0 aliphatic rings. The first kappa shape index (κ1) is 23.8. The van der Waals surface area contributed by atoms with Crippen LogP contribution in [-0.2, 0) is 6.42 Å². The molecule has 2 amide bonds. The van der Waals surface area contributed by atoms with Gasteiger partial charge in [0, 0.05) is 18.3 Å². The van der Waals surface area contributed by atoms with Gasteiger partial charge in [0.2, 0.25) is 0 Å². The standard InChI is InChI=1S/C25H34F2N2O/c1-5-6-7-8-9-16-29(21-13-10-19(11-14-21)18-25(2,3)4)24(30)28-23-15-12-20(26)17-22(23)27/h10-15,17H,5-9,16,18H2,1-4H3,(H,28,30). The minimum atomic E-state index is -0.785. The van der Waals surface area contributed by atoms with Crippen LogP contribution in [0.25, 0.3) is 0 Å². The van der Waals surface area contributed by atoms with Crippen molar-refractivity contribution in [3.8, 4) is 0 Å². The molecule has 2 aromatic carbocycles. The molecule has 0 spiro atoms. The Bertz CT molecular complexity index is 813. The van der Waals surface area contributed by atoms with E-state index in [1.165, 1.54) is 18.1 Å². The summed E-state index contributed by atoms with van der Waals surface area (Å²) in [7, 11) is 0. The Morgan fingerprint density at radius 2 is 1.63 bits per heavy atom. The average Bonchev–Trinajstić information content (AvgIpc) is 2.66. The molecule has 0 atom stereocenters. The number of carbonyl (C=O) groups excluding carboxylic acids is 1. The third-order valence-corrected chi connectivity index (χ3v) is 4.89. The zero-order valence-corrected chi connectivity index (χ0v) is 18.6. The molecule has 0 bridgehead atoms. The fourth-order valence-electron chi connectivity index (χ4n) is 3.40. The second kappa shape index (κ2) is 11.1. The zero-order valence-electron chi connectivity index (χ0n) is 18.6. The van der Waals surface area contributed by atoms with Crippen LogP contribution in [-0.4, -0.2) is 12.6 Å². The lowest BCUT2D eigenvalue weighted by Crippen LogP contribution is -2.36. The first-order chi connectivity index (χ1) is 14.2. The highest BCUT2D eigenvalue weighted by Gasteiger charge is 2.18. The van der Waals surface area contributed by atoms with Crippen LogP contribution in [0.1, 0.15) is 65.4 Å². The van der Waals surface area contributed by atoms with Crippen molar-refractivity contribution in [3.05, 3.63) is 59.7 Å². The third kappa shape index (κ3) is 7.77. The summed E-state index contributed by atoms with van der Waals surface area (Å²) in [6.45, 7) is 9.27. The molecule has 0 saturated heterocycles. The van der Waals surface area contributed by atoms with Crippen LogP contribution in [0.15, 0.2) is 42.5 Å². The van der Waals surface area contributed by atoms with Crippen molar-refractivity contribution in [1.82, 2.24) is 0 Å². The van der Waals surface area contributed by atoms with Gasteiger partial charge in [-0.05, 0) is 48.1 Å². The molecule has 2 rings (SSSR count). The van der Waals surface area contributed by atoms with E-state index in [0.717, 1.165) is 49.9 Å². The second-order valence-corrected chi connectivity index (χ2v) is 9.02. The molecule has 164 valence electrons. The van der Waals surface area contributed by atoms with E-state index >= 15 is 0 Å². The molecule has 3 nitrogen and oxygen atoms in total. The summed E-state index contributed by atoms with van der Waals surface area (Å²) in [5.74, 6) is -1.46. The lowest BCUT2D eigenvalue weighted by molar-refractivity contribution is 0.256. The van der Waals surface area contributed by atoms with Gasteiger partial charge in [0.25, 0.3) is 0 Å².